The Hall–Kier alpha value is -0.670. The maximum absolute atomic E-state index is 5.42. The normalized spacial score (nSPS) is 10.6. The van der Waals surface area contributed by atoms with Crippen molar-refractivity contribution in [1.82, 2.24) is 5.32 Å². The summed E-state index contributed by atoms with van der Waals surface area (Å²) in [5, 5.41) is 3.42. The van der Waals surface area contributed by atoms with Crippen molar-refractivity contribution in [2.45, 2.75) is 26.7 Å². The van der Waals surface area contributed by atoms with E-state index in [1.54, 1.807) is 7.11 Å². The van der Waals surface area contributed by atoms with E-state index in [4.69, 9.17) is 4.74 Å². The van der Waals surface area contributed by atoms with Gasteiger partial charge in [0.15, 0.2) is 0 Å². The summed E-state index contributed by atoms with van der Waals surface area (Å²) in [6.45, 7) is 6.29. The van der Waals surface area contributed by atoms with Crippen LogP contribution in [0.5, 0.6) is 5.75 Å². The number of nitrogens with one attached hydrogen (secondary N) is 1. The lowest BCUT2D eigenvalue weighted by Crippen LogP contribution is -2.19. The molecule has 0 unspecified atom stereocenters. The van der Waals surface area contributed by atoms with E-state index in [0.717, 1.165) is 37.4 Å². The third-order valence-electron chi connectivity index (χ3n) is 2.98. The first-order valence-corrected chi connectivity index (χ1v) is 6.78. The highest BCUT2D eigenvalue weighted by Crippen LogP contribution is 2.23. The standard InChI is InChI=1S/C14H23NOS/c1-11-9-13(5-7-15-6-4-8-17)14(16-3)10-12(11)2/h9-10,15,17H,4-8H2,1-3H3. The van der Waals surface area contributed by atoms with Crippen molar-refractivity contribution in [1.29, 1.82) is 0 Å². The predicted molar refractivity (Wildman–Crippen MR) is 77.5 cm³/mol. The zero-order valence-electron chi connectivity index (χ0n) is 11.0. The second kappa shape index (κ2) is 7.62. The van der Waals surface area contributed by atoms with E-state index in [1.807, 2.05) is 0 Å². The molecule has 0 atom stereocenters. The minimum Gasteiger partial charge on any atom is -0.496 e. The maximum atomic E-state index is 5.42. The molecule has 96 valence electrons. The van der Waals surface area contributed by atoms with Crippen molar-refractivity contribution >= 4 is 12.6 Å². The molecule has 0 fully saturated rings. The molecule has 0 amide bonds. The van der Waals surface area contributed by atoms with Gasteiger partial charge in [-0.15, -0.1) is 0 Å². The van der Waals surface area contributed by atoms with Crippen molar-refractivity contribution in [3.8, 4) is 5.75 Å². The topological polar surface area (TPSA) is 21.3 Å². The molecule has 1 aromatic carbocycles. The van der Waals surface area contributed by atoms with Gasteiger partial charge >= 0.3 is 0 Å². The van der Waals surface area contributed by atoms with Crippen LogP contribution in [0, 0.1) is 13.8 Å². The lowest BCUT2D eigenvalue weighted by molar-refractivity contribution is 0.408. The molecule has 0 aromatic heterocycles. The fourth-order valence-corrected chi connectivity index (χ4v) is 1.95. The third-order valence-corrected chi connectivity index (χ3v) is 3.30. The predicted octanol–water partition coefficient (Wildman–Crippen LogP) is 2.76. The number of thiol groups is 1. The average molecular weight is 253 g/mol. The van der Waals surface area contributed by atoms with E-state index in [1.165, 1.54) is 16.7 Å². The van der Waals surface area contributed by atoms with E-state index in [0.29, 0.717) is 0 Å². The Morgan fingerprint density at radius 1 is 1.18 bits per heavy atom. The van der Waals surface area contributed by atoms with Crippen LogP contribution in [0.1, 0.15) is 23.1 Å². The summed E-state index contributed by atoms with van der Waals surface area (Å²) < 4.78 is 5.42. The number of methoxy groups -OCH3 is 1. The summed E-state index contributed by atoms with van der Waals surface area (Å²) in [5.74, 6) is 1.95. The van der Waals surface area contributed by atoms with Gasteiger partial charge in [-0.2, -0.15) is 12.6 Å². The van der Waals surface area contributed by atoms with Crippen LogP contribution in [0.3, 0.4) is 0 Å². The van der Waals surface area contributed by atoms with Crippen LogP contribution in [0.15, 0.2) is 12.1 Å². The molecule has 3 heteroatoms. The lowest BCUT2D eigenvalue weighted by Gasteiger charge is -2.12. The van der Waals surface area contributed by atoms with Crippen molar-refractivity contribution in [3.05, 3.63) is 28.8 Å². The minimum absolute atomic E-state index is 0.944. The van der Waals surface area contributed by atoms with Gasteiger partial charge in [0.25, 0.3) is 0 Å². The molecule has 0 bridgehead atoms. The van der Waals surface area contributed by atoms with Crippen LogP contribution in [-0.2, 0) is 6.42 Å². The largest absolute Gasteiger partial charge is 0.496 e. The van der Waals surface area contributed by atoms with Crippen molar-refractivity contribution in [3.63, 3.8) is 0 Å². The van der Waals surface area contributed by atoms with E-state index in [2.05, 4.69) is 43.9 Å². The Labute approximate surface area is 110 Å². The summed E-state index contributed by atoms with van der Waals surface area (Å²) in [5.41, 5.74) is 3.90. The van der Waals surface area contributed by atoms with Gasteiger partial charge in [-0.1, -0.05) is 6.07 Å². The molecular formula is C14H23NOS. The molecule has 1 N–H and O–H groups in total. The van der Waals surface area contributed by atoms with E-state index in [-0.39, 0.29) is 0 Å². The van der Waals surface area contributed by atoms with Crippen LogP contribution in [-0.4, -0.2) is 26.0 Å². The van der Waals surface area contributed by atoms with E-state index >= 15 is 0 Å². The Balaban J connectivity index is 2.54. The molecular weight excluding hydrogens is 230 g/mol. The van der Waals surface area contributed by atoms with Gasteiger partial charge in [0.2, 0.25) is 0 Å². The first kappa shape index (κ1) is 14.4. The molecule has 0 radical (unpaired) electrons. The second-order valence-corrected chi connectivity index (χ2v) is 4.77. The summed E-state index contributed by atoms with van der Waals surface area (Å²) in [7, 11) is 1.74. The number of aryl methyl sites for hydroxylation is 2. The molecule has 0 aliphatic heterocycles. The van der Waals surface area contributed by atoms with E-state index < -0.39 is 0 Å². The van der Waals surface area contributed by atoms with Gasteiger partial charge in [-0.25, -0.2) is 0 Å². The molecule has 0 spiro atoms. The minimum atomic E-state index is 0.944. The molecule has 0 heterocycles. The van der Waals surface area contributed by atoms with Gasteiger partial charge in [-0.05, 0) is 68.3 Å². The zero-order valence-corrected chi connectivity index (χ0v) is 11.9. The second-order valence-electron chi connectivity index (χ2n) is 4.33. The van der Waals surface area contributed by atoms with Crippen LogP contribution in [0.25, 0.3) is 0 Å². The number of hydrogen-bond donors (Lipinski definition) is 2. The monoisotopic (exact) mass is 253 g/mol. The van der Waals surface area contributed by atoms with Crippen LogP contribution >= 0.6 is 12.6 Å². The molecule has 2 nitrogen and oxygen atoms in total. The Kier molecular flexibility index (Phi) is 6.45. The summed E-state index contributed by atoms with van der Waals surface area (Å²) >= 11 is 4.19. The van der Waals surface area contributed by atoms with Gasteiger partial charge in [0.1, 0.15) is 5.75 Å². The SMILES string of the molecule is COc1cc(C)c(C)cc1CCNCCCS. The summed E-state index contributed by atoms with van der Waals surface area (Å²) in [6, 6.07) is 4.35. The molecule has 0 aliphatic carbocycles. The molecule has 1 aromatic rings. The fourth-order valence-electron chi connectivity index (χ4n) is 1.79. The number of ether oxygens (including phenoxy) is 1. The van der Waals surface area contributed by atoms with E-state index in [9.17, 15) is 0 Å². The first-order chi connectivity index (χ1) is 8.19. The fraction of sp³-hybridized carbons (Fsp3) is 0.571. The highest BCUT2D eigenvalue weighted by atomic mass is 32.1. The van der Waals surface area contributed by atoms with Gasteiger partial charge in [0, 0.05) is 0 Å². The van der Waals surface area contributed by atoms with Crippen LogP contribution in [0.2, 0.25) is 0 Å². The quantitative estimate of drug-likeness (QED) is 0.576. The Morgan fingerprint density at radius 2 is 1.88 bits per heavy atom. The molecule has 0 aliphatic rings. The van der Waals surface area contributed by atoms with Crippen LogP contribution < -0.4 is 10.1 Å². The Morgan fingerprint density at radius 3 is 2.53 bits per heavy atom. The Bertz CT molecular complexity index is 352. The zero-order chi connectivity index (χ0) is 12.7. The lowest BCUT2D eigenvalue weighted by atomic mass is 10.0. The maximum Gasteiger partial charge on any atom is 0.122 e. The molecule has 17 heavy (non-hydrogen) atoms. The smallest absolute Gasteiger partial charge is 0.122 e. The summed E-state index contributed by atoms with van der Waals surface area (Å²) in [6.07, 6.45) is 2.13. The third kappa shape index (κ3) is 4.60. The number of hydrogen-bond acceptors (Lipinski definition) is 3. The highest BCUT2D eigenvalue weighted by Gasteiger charge is 2.05. The van der Waals surface area contributed by atoms with Crippen LogP contribution in [0.4, 0.5) is 0 Å². The molecule has 1 rings (SSSR count). The highest BCUT2D eigenvalue weighted by molar-refractivity contribution is 7.80. The number of benzene rings is 1. The molecule has 0 saturated heterocycles. The number of rotatable bonds is 7. The van der Waals surface area contributed by atoms with Crippen molar-refractivity contribution in [2.24, 2.45) is 0 Å². The van der Waals surface area contributed by atoms with Gasteiger partial charge in [0.05, 0.1) is 7.11 Å². The van der Waals surface area contributed by atoms with Crippen molar-refractivity contribution in [2.75, 3.05) is 26.0 Å². The average Bonchev–Trinajstić information content (AvgIpc) is 2.33. The van der Waals surface area contributed by atoms with Gasteiger partial charge < -0.3 is 10.1 Å². The first-order valence-electron chi connectivity index (χ1n) is 6.14. The van der Waals surface area contributed by atoms with Gasteiger partial charge in [-0.3, -0.25) is 0 Å². The van der Waals surface area contributed by atoms with Crippen molar-refractivity contribution < 1.29 is 4.74 Å². The molecule has 0 saturated carbocycles. The summed E-state index contributed by atoms with van der Waals surface area (Å²) in [4.78, 5) is 0.